The van der Waals surface area contributed by atoms with Crippen LogP contribution in [0.15, 0.2) is 107 Å². The van der Waals surface area contributed by atoms with E-state index in [1.807, 2.05) is 104 Å². The van der Waals surface area contributed by atoms with Gasteiger partial charge >= 0.3 is 200 Å². The molecule has 0 N–H and O–H groups in total. The first-order valence-corrected chi connectivity index (χ1v) is 14.2. The number of nitrogens with zero attached hydrogens (tertiary/aromatic N) is 2. The van der Waals surface area contributed by atoms with Gasteiger partial charge in [0, 0.05) is 0 Å². The predicted molar refractivity (Wildman–Crippen MR) is 137 cm³/mol. The molecule has 0 saturated carbocycles. The molecule has 6 heteroatoms. The fraction of sp³-hybridized carbons (Fsp3) is 0.179. The van der Waals surface area contributed by atoms with Gasteiger partial charge in [-0.1, -0.05) is 0 Å². The molecule has 0 amide bonds. The van der Waals surface area contributed by atoms with Crippen LogP contribution in [0.4, 0.5) is 0 Å². The molecule has 0 bridgehead atoms. The van der Waals surface area contributed by atoms with Gasteiger partial charge in [0.25, 0.3) is 0 Å². The minimum absolute atomic E-state index is 0.156. The Morgan fingerprint density at radius 3 is 1.68 bits per heavy atom. The van der Waals surface area contributed by atoms with Crippen LogP contribution in [0.2, 0.25) is 0 Å². The van der Waals surface area contributed by atoms with Gasteiger partial charge in [-0.3, -0.25) is 0 Å². The minimum atomic E-state index is -3.69. The summed E-state index contributed by atoms with van der Waals surface area (Å²) in [5.74, 6) is 0.290. The molecule has 0 radical (unpaired) electrons. The van der Waals surface area contributed by atoms with E-state index in [-0.39, 0.29) is 11.6 Å². The van der Waals surface area contributed by atoms with Crippen LogP contribution in [-0.2, 0) is 19.8 Å². The van der Waals surface area contributed by atoms with E-state index < -0.39 is 12.5 Å². The molecule has 0 saturated heterocycles. The van der Waals surface area contributed by atoms with Gasteiger partial charge in [0.2, 0.25) is 0 Å². The second kappa shape index (κ2) is 7.48. The van der Waals surface area contributed by atoms with E-state index in [1.165, 1.54) is 6.92 Å². The topological polar surface area (TPSA) is 59.0 Å². The van der Waals surface area contributed by atoms with Crippen LogP contribution >= 0.6 is 6.98 Å². The van der Waals surface area contributed by atoms with Crippen molar-refractivity contribution in [3.63, 3.8) is 0 Å². The van der Waals surface area contributed by atoms with Gasteiger partial charge in [0.15, 0.2) is 0 Å². The maximum absolute atomic E-state index is 13.6. The number of hydrogen-bond donors (Lipinski definition) is 0. The number of ketones is 2. The molecule has 2 aliphatic heterocycles. The maximum atomic E-state index is 13.6. The summed E-state index contributed by atoms with van der Waals surface area (Å²) in [6.45, 7) is 3.31. The van der Waals surface area contributed by atoms with Crippen LogP contribution in [0.1, 0.15) is 30.5 Å². The fourth-order valence-electron chi connectivity index (χ4n) is 5.71. The van der Waals surface area contributed by atoms with Crippen molar-refractivity contribution in [3.8, 4) is 0 Å². The summed E-state index contributed by atoms with van der Waals surface area (Å²) in [5, 5.41) is 5.05. The zero-order valence-electron chi connectivity index (χ0n) is 19.7. The van der Waals surface area contributed by atoms with Crippen molar-refractivity contribution in [2.45, 2.75) is 19.4 Å². The number of fused-ring (bicyclic) bond motifs is 1. The molecular formula is C28H27N2O3P. The summed E-state index contributed by atoms with van der Waals surface area (Å²) in [7, 11) is 0. The van der Waals surface area contributed by atoms with Gasteiger partial charge in [0.05, 0.1) is 0 Å². The van der Waals surface area contributed by atoms with Crippen LogP contribution in [-0.4, -0.2) is 35.4 Å². The van der Waals surface area contributed by atoms with Crippen LogP contribution in [0, 0.1) is 0 Å². The zero-order valence-corrected chi connectivity index (χ0v) is 20.6. The van der Waals surface area contributed by atoms with Crippen molar-refractivity contribution in [1.29, 1.82) is 0 Å². The first-order valence-electron chi connectivity index (χ1n) is 11.2. The summed E-state index contributed by atoms with van der Waals surface area (Å²) in [4.78, 5) is 26.9. The summed E-state index contributed by atoms with van der Waals surface area (Å²) >= 11 is 0. The standard InChI is InChI=1S/C28H27N2O3P/c1-20(31)25-26(21(2)32)34(3,4)30(27(29-33-34)22-14-8-5-9-15-22)28(25,23-16-10-6-11-17-23)24-18-12-7-13-19-24/h5-19H,1-4H3. The fourth-order valence-corrected chi connectivity index (χ4v) is 10.1. The zero-order chi connectivity index (χ0) is 24.2. The Balaban J connectivity index is 1.99. The van der Waals surface area contributed by atoms with E-state index in [2.05, 4.69) is 9.83 Å². The van der Waals surface area contributed by atoms with Gasteiger partial charge in [0.1, 0.15) is 0 Å². The Labute approximate surface area is 199 Å². The molecule has 5 rings (SSSR count). The molecule has 0 aromatic heterocycles. The number of hydrogen-bond acceptors (Lipinski definition) is 5. The summed E-state index contributed by atoms with van der Waals surface area (Å²) in [6.07, 6.45) is 0. The van der Waals surface area contributed by atoms with E-state index in [1.54, 1.807) is 6.92 Å². The van der Waals surface area contributed by atoms with Crippen molar-refractivity contribution in [2.24, 2.45) is 5.16 Å². The SMILES string of the molecule is CC(=O)C1=C(C(C)=O)P2(C)(C)ON=C(c3ccccc3)N2C1(c1ccccc1)c1ccccc1. The van der Waals surface area contributed by atoms with Gasteiger partial charge in [-0.25, -0.2) is 0 Å². The summed E-state index contributed by atoms with van der Waals surface area (Å²) < 4.78 is 8.54. The van der Waals surface area contributed by atoms with Gasteiger partial charge < -0.3 is 0 Å². The number of Topliss-reactive ketones (excluding diaryl/α,β-unsaturated/α-hetero) is 2. The van der Waals surface area contributed by atoms with Gasteiger partial charge in [-0.05, 0) is 0 Å². The quantitative estimate of drug-likeness (QED) is 0.448. The van der Waals surface area contributed by atoms with Crippen LogP contribution in [0.25, 0.3) is 0 Å². The number of benzene rings is 3. The van der Waals surface area contributed by atoms with E-state index in [0.29, 0.717) is 16.7 Å². The van der Waals surface area contributed by atoms with Crippen molar-refractivity contribution >= 4 is 24.4 Å². The first-order chi connectivity index (χ1) is 16.2. The molecule has 0 fully saturated rings. The molecule has 2 aliphatic rings. The van der Waals surface area contributed by atoms with E-state index in [0.717, 1.165) is 16.7 Å². The van der Waals surface area contributed by atoms with E-state index in [4.69, 9.17) is 4.62 Å². The van der Waals surface area contributed by atoms with Crippen molar-refractivity contribution in [1.82, 2.24) is 4.67 Å². The summed E-state index contributed by atoms with van der Waals surface area (Å²) in [5.41, 5.74) is 2.01. The molecule has 0 atom stereocenters. The number of allylic oxidation sites excluding steroid dienone is 1. The van der Waals surface area contributed by atoms with Crippen LogP contribution in [0.3, 0.4) is 0 Å². The molecule has 3 aromatic carbocycles. The third kappa shape index (κ3) is 2.80. The van der Waals surface area contributed by atoms with Crippen LogP contribution in [0.5, 0.6) is 0 Å². The van der Waals surface area contributed by atoms with Crippen molar-refractivity contribution in [3.05, 3.63) is 119 Å². The monoisotopic (exact) mass is 470 g/mol. The average molecular weight is 471 g/mol. The van der Waals surface area contributed by atoms with E-state index in [9.17, 15) is 9.59 Å². The summed E-state index contributed by atoms with van der Waals surface area (Å²) in [6, 6.07) is 29.6. The Bertz CT molecular complexity index is 1320. The first kappa shape index (κ1) is 22.2. The Kier molecular flexibility index (Phi) is 4.89. The normalized spacial score (nSPS) is 20.5. The molecule has 0 aliphatic carbocycles. The molecule has 0 unspecified atom stereocenters. The number of oxime groups is 1. The molecule has 2 heterocycles. The average Bonchev–Trinajstić information content (AvgIpc) is 3.24. The Hall–Kier alpha value is -3.56. The molecule has 3 aromatic rings. The molecule has 34 heavy (non-hydrogen) atoms. The van der Waals surface area contributed by atoms with Crippen molar-refractivity contribution in [2.75, 3.05) is 13.3 Å². The van der Waals surface area contributed by atoms with Crippen LogP contribution < -0.4 is 0 Å². The predicted octanol–water partition coefficient (Wildman–Crippen LogP) is 5.71. The molecular weight excluding hydrogens is 443 g/mol. The molecule has 172 valence electrons. The number of carbonyl (C=O) groups is 2. The molecule has 0 spiro atoms. The van der Waals surface area contributed by atoms with Gasteiger partial charge in [-0.2, -0.15) is 0 Å². The third-order valence-electron chi connectivity index (χ3n) is 6.81. The second-order valence-corrected chi connectivity index (χ2v) is 14.3. The van der Waals surface area contributed by atoms with Crippen molar-refractivity contribution < 1.29 is 14.2 Å². The van der Waals surface area contributed by atoms with E-state index >= 15 is 0 Å². The number of carbonyl (C=O) groups excluding carboxylic acids is 2. The third-order valence-corrected chi connectivity index (χ3v) is 10.8. The number of amidine groups is 1. The van der Waals surface area contributed by atoms with Gasteiger partial charge in [-0.15, -0.1) is 0 Å². The Morgan fingerprint density at radius 1 is 0.765 bits per heavy atom. The number of rotatable bonds is 5. The second-order valence-electron chi connectivity index (χ2n) is 9.39. The molecule has 5 nitrogen and oxygen atoms in total. The Morgan fingerprint density at radius 2 is 1.24 bits per heavy atom.